The van der Waals surface area contributed by atoms with Gasteiger partial charge in [-0.3, -0.25) is 4.98 Å². The van der Waals surface area contributed by atoms with Gasteiger partial charge in [0.05, 0.1) is 12.6 Å². The molecule has 66 valence electrons. The fraction of sp³-hybridized carbons (Fsp3) is 0.444. The van der Waals surface area contributed by atoms with E-state index in [4.69, 9.17) is 10.5 Å². The van der Waals surface area contributed by atoms with Gasteiger partial charge in [0.15, 0.2) is 0 Å². The zero-order valence-corrected chi connectivity index (χ0v) is 7.45. The van der Waals surface area contributed by atoms with Crippen molar-refractivity contribution in [1.82, 2.24) is 4.98 Å². The number of hydrogen-bond acceptors (Lipinski definition) is 3. The third kappa shape index (κ3) is 2.03. The number of rotatable bonds is 3. The van der Waals surface area contributed by atoms with E-state index in [0.29, 0.717) is 6.61 Å². The summed E-state index contributed by atoms with van der Waals surface area (Å²) in [4.78, 5) is 3.99. The maximum atomic E-state index is 5.85. The number of hydrogen-bond donors (Lipinski definition) is 1. The number of ether oxygens (including phenoxy) is 1. The average molecular weight is 166 g/mol. The average Bonchev–Trinajstić information content (AvgIpc) is 2.05. The molecule has 0 spiro atoms. The monoisotopic (exact) mass is 166 g/mol. The highest BCUT2D eigenvalue weighted by atomic mass is 16.5. The number of aryl methyl sites for hydroxylation is 1. The Labute approximate surface area is 72.6 Å². The zero-order chi connectivity index (χ0) is 8.97. The van der Waals surface area contributed by atoms with Crippen molar-refractivity contribution in [1.29, 1.82) is 0 Å². The number of methoxy groups -OCH3 is 1. The first-order valence-electron chi connectivity index (χ1n) is 3.90. The normalized spacial score (nSPS) is 12.9. The van der Waals surface area contributed by atoms with E-state index in [2.05, 4.69) is 4.98 Å². The van der Waals surface area contributed by atoms with Gasteiger partial charge in [0.25, 0.3) is 0 Å². The highest BCUT2D eigenvalue weighted by molar-refractivity contribution is 5.24. The van der Waals surface area contributed by atoms with Crippen LogP contribution in [0.4, 0.5) is 0 Å². The van der Waals surface area contributed by atoms with Crippen molar-refractivity contribution in [2.45, 2.75) is 13.0 Å². The van der Waals surface area contributed by atoms with Crippen molar-refractivity contribution in [3.8, 4) is 0 Å². The van der Waals surface area contributed by atoms with E-state index in [1.54, 1.807) is 13.3 Å². The lowest BCUT2D eigenvalue weighted by Crippen LogP contribution is -2.17. The number of pyridine rings is 1. The molecule has 0 aliphatic rings. The molecule has 0 aromatic carbocycles. The van der Waals surface area contributed by atoms with Gasteiger partial charge in [0.2, 0.25) is 0 Å². The van der Waals surface area contributed by atoms with Gasteiger partial charge in [0.1, 0.15) is 0 Å². The van der Waals surface area contributed by atoms with Crippen LogP contribution in [0.2, 0.25) is 0 Å². The summed E-state index contributed by atoms with van der Waals surface area (Å²) in [7, 11) is 1.65. The lowest BCUT2D eigenvalue weighted by molar-refractivity contribution is 0.180. The van der Waals surface area contributed by atoms with Crippen molar-refractivity contribution in [2.75, 3.05) is 13.7 Å². The second kappa shape index (κ2) is 4.18. The molecule has 0 saturated heterocycles. The molecule has 0 radical (unpaired) electrons. The molecule has 1 heterocycles. The molecule has 0 amide bonds. The molecule has 1 aromatic heterocycles. The number of nitrogens with zero attached hydrogens (tertiary/aromatic N) is 1. The van der Waals surface area contributed by atoms with Crippen molar-refractivity contribution >= 4 is 0 Å². The Morgan fingerprint density at radius 1 is 1.67 bits per heavy atom. The van der Waals surface area contributed by atoms with Crippen LogP contribution in [0.25, 0.3) is 0 Å². The number of aromatic nitrogens is 1. The molecule has 0 aliphatic carbocycles. The van der Waals surface area contributed by atoms with Crippen LogP contribution in [0.3, 0.4) is 0 Å². The van der Waals surface area contributed by atoms with Crippen LogP contribution in [0.15, 0.2) is 18.5 Å². The van der Waals surface area contributed by atoms with Crippen LogP contribution < -0.4 is 5.73 Å². The lowest BCUT2D eigenvalue weighted by Gasteiger charge is -2.12. The predicted molar refractivity (Wildman–Crippen MR) is 47.8 cm³/mol. The van der Waals surface area contributed by atoms with Crippen molar-refractivity contribution in [2.24, 2.45) is 5.73 Å². The molecule has 3 nitrogen and oxygen atoms in total. The minimum absolute atomic E-state index is 0.0435. The Kier molecular flexibility index (Phi) is 3.19. The first-order chi connectivity index (χ1) is 5.75. The van der Waals surface area contributed by atoms with E-state index in [-0.39, 0.29) is 6.04 Å². The second-order valence-corrected chi connectivity index (χ2v) is 2.79. The fourth-order valence-electron chi connectivity index (χ4n) is 1.17. The lowest BCUT2D eigenvalue weighted by atomic mass is 10.1. The fourth-order valence-corrected chi connectivity index (χ4v) is 1.17. The molecule has 0 fully saturated rings. The van der Waals surface area contributed by atoms with Gasteiger partial charge in [-0.05, 0) is 24.1 Å². The summed E-state index contributed by atoms with van der Waals surface area (Å²) in [6.45, 7) is 2.54. The largest absolute Gasteiger partial charge is 0.383 e. The Bertz CT molecular complexity index is 250. The van der Waals surface area contributed by atoms with Crippen LogP contribution >= 0.6 is 0 Å². The van der Waals surface area contributed by atoms with Crippen LogP contribution in [-0.2, 0) is 4.74 Å². The molecule has 3 heteroatoms. The minimum Gasteiger partial charge on any atom is -0.383 e. The van der Waals surface area contributed by atoms with Crippen molar-refractivity contribution in [3.63, 3.8) is 0 Å². The predicted octanol–water partition coefficient (Wildman–Crippen LogP) is 1.04. The standard InChI is InChI=1S/C9H14N2O/c1-7-5-11-4-3-8(7)9(10)6-12-2/h3-5,9H,6,10H2,1-2H3. The van der Waals surface area contributed by atoms with Gasteiger partial charge in [0, 0.05) is 19.5 Å². The molecule has 1 unspecified atom stereocenters. The summed E-state index contributed by atoms with van der Waals surface area (Å²) in [6, 6.07) is 1.89. The first kappa shape index (κ1) is 9.16. The third-order valence-electron chi connectivity index (χ3n) is 1.81. The third-order valence-corrected chi connectivity index (χ3v) is 1.81. The van der Waals surface area contributed by atoms with Crippen molar-refractivity contribution in [3.05, 3.63) is 29.6 Å². The first-order valence-corrected chi connectivity index (χ1v) is 3.90. The Hall–Kier alpha value is -0.930. The summed E-state index contributed by atoms with van der Waals surface area (Å²) in [5, 5.41) is 0. The van der Waals surface area contributed by atoms with Gasteiger partial charge in [-0.2, -0.15) is 0 Å². The van der Waals surface area contributed by atoms with E-state index >= 15 is 0 Å². The van der Waals surface area contributed by atoms with Gasteiger partial charge < -0.3 is 10.5 Å². The van der Waals surface area contributed by atoms with Crippen LogP contribution in [0, 0.1) is 6.92 Å². The smallest absolute Gasteiger partial charge is 0.0655 e. The topological polar surface area (TPSA) is 48.1 Å². The highest BCUT2D eigenvalue weighted by Gasteiger charge is 2.07. The van der Waals surface area contributed by atoms with Gasteiger partial charge in [-0.15, -0.1) is 0 Å². The van der Waals surface area contributed by atoms with E-state index < -0.39 is 0 Å². The van der Waals surface area contributed by atoms with E-state index in [9.17, 15) is 0 Å². The van der Waals surface area contributed by atoms with Gasteiger partial charge in [-0.1, -0.05) is 0 Å². The van der Waals surface area contributed by atoms with E-state index in [0.717, 1.165) is 11.1 Å². The van der Waals surface area contributed by atoms with Crippen LogP contribution in [0.5, 0.6) is 0 Å². The SMILES string of the molecule is COCC(N)c1ccncc1C. The molecular weight excluding hydrogens is 152 g/mol. The van der Waals surface area contributed by atoms with Crippen LogP contribution in [0.1, 0.15) is 17.2 Å². The maximum Gasteiger partial charge on any atom is 0.0655 e. The molecule has 1 aromatic rings. The Morgan fingerprint density at radius 2 is 2.42 bits per heavy atom. The maximum absolute atomic E-state index is 5.85. The molecule has 0 saturated carbocycles. The zero-order valence-electron chi connectivity index (χ0n) is 7.45. The van der Waals surface area contributed by atoms with Gasteiger partial charge in [-0.25, -0.2) is 0 Å². The van der Waals surface area contributed by atoms with Crippen LogP contribution in [-0.4, -0.2) is 18.7 Å². The molecule has 1 rings (SSSR count). The highest BCUT2D eigenvalue weighted by Crippen LogP contribution is 2.13. The Morgan fingerprint density at radius 3 is 3.00 bits per heavy atom. The van der Waals surface area contributed by atoms with E-state index in [1.807, 2.05) is 19.2 Å². The van der Waals surface area contributed by atoms with Gasteiger partial charge >= 0.3 is 0 Å². The molecular formula is C9H14N2O. The summed E-state index contributed by atoms with van der Waals surface area (Å²) >= 11 is 0. The summed E-state index contributed by atoms with van der Waals surface area (Å²) < 4.78 is 4.97. The van der Waals surface area contributed by atoms with E-state index in [1.165, 1.54) is 0 Å². The second-order valence-electron chi connectivity index (χ2n) is 2.79. The molecule has 12 heavy (non-hydrogen) atoms. The summed E-state index contributed by atoms with van der Waals surface area (Å²) in [5.41, 5.74) is 8.07. The quantitative estimate of drug-likeness (QED) is 0.729. The Balaban J connectivity index is 2.79. The molecule has 2 N–H and O–H groups in total. The summed E-state index contributed by atoms with van der Waals surface area (Å²) in [6.07, 6.45) is 3.56. The molecule has 0 bridgehead atoms. The molecule has 1 atom stereocenters. The summed E-state index contributed by atoms with van der Waals surface area (Å²) in [5.74, 6) is 0. The van der Waals surface area contributed by atoms with Crippen molar-refractivity contribution < 1.29 is 4.74 Å². The number of nitrogens with two attached hydrogens (primary N) is 1. The minimum atomic E-state index is -0.0435. The molecule has 0 aliphatic heterocycles.